The van der Waals surface area contributed by atoms with Crippen LogP contribution in [0, 0.1) is 0 Å². The van der Waals surface area contributed by atoms with Crippen molar-refractivity contribution in [2.75, 3.05) is 12.3 Å². The lowest BCUT2D eigenvalue weighted by molar-refractivity contribution is 0.0956. The van der Waals surface area contributed by atoms with Crippen LogP contribution in [-0.4, -0.2) is 36.8 Å². The summed E-state index contributed by atoms with van der Waals surface area (Å²) in [6.07, 6.45) is 5.26. The summed E-state index contributed by atoms with van der Waals surface area (Å²) >= 11 is 0. The van der Waals surface area contributed by atoms with Gasteiger partial charge in [0.2, 0.25) is 0 Å². The van der Waals surface area contributed by atoms with Gasteiger partial charge in [0.1, 0.15) is 11.4 Å². The van der Waals surface area contributed by atoms with Crippen LogP contribution in [0.15, 0.2) is 66.0 Å². The second-order valence-corrected chi connectivity index (χ2v) is 6.79. The third-order valence-electron chi connectivity index (χ3n) is 3.58. The highest BCUT2D eigenvalue weighted by Crippen LogP contribution is 2.13. The first kappa shape index (κ1) is 16.2. The van der Waals surface area contributed by atoms with Gasteiger partial charge in [0.15, 0.2) is 0 Å². The van der Waals surface area contributed by atoms with E-state index >= 15 is 0 Å². The van der Waals surface area contributed by atoms with Crippen molar-refractivity contribution in [3.8, 4) is 5.82 Å². The highest BCUT2D eigenvalue weighted by molar-refractivity contribution is 7.85. The molecule has 3 aromatic rings. The molecule has 7 heteroatoms. The van der Waals surface area contributed by atoms with E-state index in [2.05, 4.69) is 10.4 Å². The number of amides is 1. The van der Waals surface area contributed by atoms with E-state index in [-0.39, 0.29) is 5.91 Å². The van der Waals surface area contributed by atoms with Gasteiger partial charge in [0, 0.05) is 36.6 Å². The van der Waals surface area contributed by atoms with Crippen molar-refractivity contribution in [3.05, 3.63) is 66.6 Å². The number of nitrogens with zero attached hydrogens (tertiary/aromatic N) is 3. The summed E-state index contributed by atoms with van der Waals surface area (Å²) in [5.41, 5.74) is 0.485. The third kappa shape index (κ3) is 3.46. The van der Waals surface area contributed by atoms with Gasteiger partial charge in [-0.2, -0.15) is 5.10 Å². The zero-order valence-corrected chi connectivity index (χ0v) is 14.1. The molecule has 0 fully saturated rings. The van der Waals surface area contributed by atoms with Crippen LogP contribution in [-0.2, 0) is 17.8 Å². The van der Waals surface area contributed by atoms with Crippen molar-refractivity contribution in [3.63, 3.8) is 0 Å². The first-order valence-electron chi connectivity index (χ1n) is 7.54. The molecule has 0 unspecified atom stereocenters. The summed E-state index contributed by atoms with van der Waals surface area (Å²) < 4.78 is 15.6. The minimum Gasteiger partial charge on any atom is -0.351 e. The van der Waals surface area contributed by atoms with Crippen molar-refractivity contribution >= 4 is 16.7 Å². The van der Waals surface area contributed by atoms with Crippen LogP contribution in [0.2, 0.25) is 0 Å². The molecule has 124 valence electrons. The Hall–Kier alpha value is -2.67. The maximum absolute atomic E-state index is 12.4. The number of hydrogen-bond acceptors (Lipinski definition) is 3. The van der Waals surface area contributed by atoms with Crippen molar-refractivity contribution in [2.45, 2.75) is 4.90 Å². The maximum Gasteiger partial charge on any atom is 0.256 e. The molecule has 3 rings (SSSR count). The van der Waals surface area contributed by atoms with Gasteiger partial charge >= 0.3 is 0 Å². The quantitative estimate of drug-likeness (QED) is 0.742. The summed E-state index contributed by atoms with van der Waals surface area (Å²) in [6.45, 7) is 0.334. The lowest BCUT2D eigenvalue weighted by Crippen LogP contribution is -2.28. The number of benzene rings is 1. The van der Waals surface area contributed by atoms with E-state index in [9.17, 15) is 9.00 Å². The molecule has 1 N–H and O–H groups in total. The number of nitrogens with one attached hydrogen (secondary N) is 1. The minimum atomic E-state index is -1.13. The Balaban J connectivity index is 1.63. The molecule has 0 aliphatic carbocycles. The topological polar surface area (TPSA) is 68.9 Å². The average molecular weight is 342 g/mol. The molecule has 1 atom stereocenters. The van der Waals surface area contributed by atoms with E-state index in [1.807, 2.05) is 59.4 Å². The Morgan fingerprint density at radius 1 is 1.17 bits per heavy atom. The van der Waals surface area contributed by atoms with Crippen LogP contribution in [0.4, 0.5) is 0 Å². The fraction of sp³-hybridized carbons (Fsp3) is 0.176. The second kappa shape index (κ2) is 7.27. The second-order valence-electron chi connectivity index (χ2n) is 5.21. The Kier molecular flexibility index (Phi) is 4.90. The van der Waals surface area contributed by atoms with Gasteiger partial charge in [-0.05, 0) is 24.3 Å². The van der Waals surface area contributed by atoms with Gasteiger partial charge in [-0.1, -0.05) is 18.2 Å². The summed E-state index contributed by atoms with van der Waals surface area (Å²) in [7, 11) is 0.662. The van der Waals surface area contributed by atoms with Gasteiger partial charge in [0.25, 0.3) is 5.91 Å². The molecule has 0 aliphatic heterocycles. The molecule has 24 heavy (non-hydrogen) atoms. The molecule has 1 amide bonds. The number of hydrogen-bond donors (Lipinski definition) is 1. The predicted molar refractivity (Wildman–Crippen MR) is 92.6 cm³/mol. The lowest BCUT2D eigenvalue weighted by atomic mass is 10.3. The molecule has 0 radical (unpaired) electrons. The Labute approximate surface area is 142 Å². The highest BCUT2D eigenvalue weighted by atomic mass is 32.2. The first-order chi connectivity index (χ1) is 11.7. The zero-order chi connectivity index (χ0) is 16.9. The molecule has 0 saturated carbocycles. The van der Waals surface area contributed by atoms with Gasteiger partial charge in [-0.15, -0.1) is 0 Å². The Morgan fingerprint density at radius 2 is 1.88 bits per heavy atom. The number of rotatable bonds is 6. The van der Waals surface area contributed by atoms with Gasteiger partial charge in [-0.25, -0.2) is 0 Å². The Bertz CT molecular complexity index is 841. The molecule has 0 spiro atoms. The SMILES string of the molecule is Cn1ncc(C(=O)NCC[S@@](=O)c2ccccc2)c1-n1cccc1. The molecule has 1 aromatic carbocycles. The molecule has 0 saturated heterocycles. The average Bonchev–Trinajstić information content (AvgIpc) is 3.24. The summed E-state index contributed by atoms with van der Waals surface area (Å²) in [6, 6.07) is 13.0. The fourth-order valence-corrected chi connectivity index (χ4v) is 3.40. The fourth-order valence-electron chi connectivity index (χ4n) is 2.42. The molecule has 2 aromatic heterocycles. The summed E-state index contributed by atoms with van der Waals surface area (Å²) in [5, 5.41) is 6.98. The van der Waals surface area contributed by atoms with Gasteiger partial charge in [-0.3, -0.25) is 13.7 Å². The maximum atomic E-state index is 12.4. The number of carbonyl (C=O) groups is 1. The molecular weight excluding hydrogens is 324 g/mol. The van der Waals surface area contributed by atoms with Crippen molar-refractivity contribution in [2.24, 2.45) is 7.05 Å². The number of aromatic nitrogens is 3. The van der Waals surface area contributed by atoms with Crippen LogP contribution in [0.3, 0.4) is 0 Å². The van der Waals surface area contributed by atoms with Crippen molar-refractivity contribution in [1.29, 1.82) is 0 Å². The van der Waals surface area contributed by atoms with E-state index < -0.39 is 10.8 Å². The van der Waals surface area contributed by atoms with Crippen molar-refractivity contribution < 1.29 is 9.00 Å². The molecular formula is C17H18N4O2S. The first-order valence-corrected chi connectivity index (χ1v) is 8.85. The standard InChI is InChI=1S/C17H18N4O2S/c1-20-17(21-10-5-6-11-21)15(13-19-20)16(22)18-9-12-24(23)14-7-3-2-4-8-14/h2-8,10-11,13H,9,12H2,1H3,(H,18,22)/t24-/m1/s1. The van der Waals surface area contributed by atoms with Crippen LogP contribution in [0.25, 0.3) is 5.82 Å². The van der Waals surface area contributed by atoms with E-state index in [0.29, 0.717) is 23.7 Å². The van der Waals surface area contributed by atoms with Crippen LogP contribution in [0.1, 0.15) is 10.4 Å². The summed E-state index contributed by atoms with van der Waals surface area (Å²) in [5.74, 6) is 0.841. The van der Waals surface area contributed by atoms with Gasteiger partial charge < -0.3 is 9.88 Å². The number of aryl methyl sites for hydroxylation is 1. The zero-order valence-electron chi connectivity index (χ0n) is 13.3. The van der Waals surface area contributed by atoms with E-state index in [1.165, 1.54) is 0 Å². The van der Waals surface area contributed by atoms with Crippen LogP contribution >= 0.6 is 0 Å². The third-order valence-corrected chi connectivity index (χ3v) is 4.95. The number of carbonyl (C=O) groups excluding carboxylic acids is 1. The highest BCUT2D eigenvalue weighted by Gasteiger charge is 2.17. The van der Waals surface area contributed by atoms with E-state index in [4.69, 9.17) is 0 Å². The van der Waals surface area contributed by atoms with Crippen LogP contribution in [0.5, 0.6) is 0 Å². The molecule has 6 nitrogen and oxygen atoms in total. The van der Waals surface area contributed by atoms with E-state index in [1.54, 1.807) is 17.9 Å². The minimum absolute atomic E-state index is 0.225. The molecule has 0 bridgehead atoms. The summed E-state index contributed by atoms with van der Waals surface area (Å²) in [4.78, 5) is 13.2. The molecule has 2 heterocycles. The largest absolute Gasteiger partial charge is 0.351 e. The molecule has 0 aliphatic rings. The Morgan fingerprint density at radius 3 is 2.58 bits per heavy atom. The smallest absolute Gasteiger partial charge is 0.256 e. The van der Waals surface area contributed by atoms with E-state index in [0.717, 1.165) is 4.90 Å². The predicted octanol–water partition coefficient (Wildman–Crippen LogP) is 1.75. The normalized spacial score (nSPS) is 12.0. The lowest BCUT2D eigenvalue weighted by Gasteiger charge is -2.08. The van der Waals surface area contributed by atoms with Crippen molar-refractivity contribution in [1.82, 2.24) is 19.7 Å². The van der Waals surface area contributed by atoms with Crippen LogP contribution < -0.4 is 5.32 Å². The van der Waals surface area contributed by atoms with Gasteiger partial charge in [0.05, 0.1) is 17.0 Å². The monoisotopic (exact) mass is 342 g/mol.